The van der Waals surface area contributed by atoms with Crippen molar-refractivity contribution in [3.8, 4) is 17.2 Å². The van der Waals surface area contributed by atoms with E-state index in [0.29, 0.717) is 5.56 Å². The Morgan fingerprint density at radius 3 is 2.32 bits per heavy atom. The molecule has 1 saturated carbocycles. The van der Waals surface area contributed by atoms with E-state index in [1.165, 1.54) is 38.1 Å². The van der Waals surface area contributed by atoms with E-state index in [-0.39, 0.29) is 45.4 Å². The van der Waals surface area contributed by atoms with Crippen LogP contribution in [0.25, 0.3) is 0 Å². The van der Waals surface area contributed by atoms with Gasteiger partial charge in [0.25, 0.3) is 0 Å². The van der Waals surface area contributed by atoms with Gasteiger partial charge in [0.15, 0.2) is 11.6 Å². The topological polar surface area (TPSA) is 160 Å². The summed E-state index contributed by atoms with van der Waals surface area (Å²) in [5, 5.41) is 42.3. The lowest BCUT2D eigenvalue weighted by atomic mass is 9.77. The van der Waals surface area contributed by atoms with E-state index in [1.807, 2.05) is 0 Å². The molecule has 1 heterocycles. The third-order valence-electron chi connectivity index (χ3n) is 7.58. The second-order valence-electron chi connectivity index (χ2n) is 10.2. The number of hydrogen-bond acceptors (Lipinski definition) is 10. The van der Waals surface area contributed by atoms with Crippen LogP contribution >= 0.6 is 0 Å². The van der Waals surface area contributed by atoms with Gasteiger partial charge < -0.3 is 34.6 Å². The van der Waals surface area contributed by atoms with Gasteiger partial charge in [-0.2, -0.15) is 0 Å². The Hall–Kier alpha value is -3.31. The van der Waals surface area contributed by atoms with Crippen molar-refractivity contribution in [3.05, 3.63) is 52.1 Å². The Morgan fingerprint density at radius 1 is 0.921 bits per heavy atom. The molecule has 2 aromatic carbocycles. The number of carbonyl (C=O) groups excluding carboxylic acids is 3. The first-order chi connectivity index (χ1) is 18.1. The second kappa shape index (κ2) is 10.1. The van der Waals surface area contributed by atoms with Gasteiger partial charge in [-0.05, 0) is 49.9 Å². The van der Waals surface area contributed by atoms with Crippen LogP contribution in [0.15, 0.2) is 24.3 Å². The van der Waals surface area contributed by atoms with E-state index >= 15 is 0 Å². The predicted molar refractivity (Wildman–Crippen MR) is 132 cm³/mol. The summed E-state index contributed by atoms with van der Waals surface area (Å²) in [6.45, 7) is 2.73. The van der Waals surface area contributed by atoms with Crippen LogP contribution in [0.4, 0.5) is 0 Å². The molecule has 0 spiro atoms. The number of rotatable bonds is 4. The third kappa shape index (κ3) is 4.47. The van der Waals surface area contributed by atoms with Gasteiger partial charge in [-0.3, -0.25) is 14.4 Å². The highest BCUT2D eigenvalue weighted by atomic mass is 16.7. The number of fused-ring (bicyclic) bond motifs is 2. The van der Waals surface area contributed by atoms with E-state index in [2.05, 4.69) is 0 Å². The molecule has 5 rings (SSSR count). The predicted octanol–water partition coefficient (Wildman–Crippen LogP) is 2.35. The average molecular weight is 527 g/mol. The summed E-state index contributed by atoms with van der Waals surface area (Å²) in [6, 6.07) is 5.47. The summed E-state index contributed by atoms with van der Waals surface area (Å²) in [5.41, 5.74) is 0.193. The lowest BCUT2D eigenvalue weighted by Crippen LogP contribution is -2.58. The number of ketones is 2. The molecule has 0 amide bonds. The van der Waals surface area contributed by atoms with E-state index in [9.17, 15) is 34.8 Å². The van der Waals surface area contributed by atoms with Crippen LogP contribution in [-0.4, -0.2) is 68.7 Å². The molecule has 10 nitrogen and oxygen atoms in total. The molecule has 2 aromatic rings. The standard InChI is InChI=1S/C28H30O10/c1-12-22(30)26(34)27(35)28(36-12)38-19-11-18-21(25(33)20(19)14-6-4-3-5-7-14)24(32)16-9-8-15(37-13(2)29)10-17(16)23(18)31/h8-12,14,22,26-28,30,33-35H,3-7H2,1-2H3/t12-,22+,26+,27+,28+/m0/s1. The molecule has 3 aliphatic rings. The maximum absolute atomic E-state index is 13.6. The van der Waals surface area contributed by atoms with E-state index in [0.717, 1.165) is 32.1 Å². The summed E-state index contributed by atoms with van der Waals surface area (Å²) >= 11 is 0. The van der Waals surface area contributed by atoms with Gasteiger partial charge in [-0.15, -0.1) is 0 Å². The molecule has 2 fully saturated rings. The number of carbonyl (C=O) groups is 3. The molecule has 1 saturated heterocycles. The van der Waals surface area contributed by atoms with Crippen molar-refractivity contribution in [2.45, 2.75) is 82.6 Å². The molecular weight excluding hydrogens is 496 g/mol. The largest absolute Gasteiger partial charge is 0.507 e. The zero-order valence-corrected chi connectivity index (χ0v) is 21.0. The van der Waals surface area contributed by atoms with Crippen LogP contribution in [-0.2, 0) is 9.53 Å². The molecule has 2 aliphatic carbocycles. The van der Waals surface area contributed by atoms with Gasteiger partial charge in [-0.25, -0.2) is 0 Å². The van der Waals surface area contributed by atoms with Crippen molar-refractivity contribution < 1.29 is 49.0 Å². The zero-order valence-electron chi connectivity index (χ0n) is 21.0. The van der Waals surface area contributed by atoms with E-state index < -0.39 is 48.2 Å². The van der Waals surface area contributed by atoms with Crippen molar-refractivity contribution in [1.29, 1.82) is 0 Å². The summed E-state index contributed by atoms with van der Waals surface area (Å²) in [4.78, 5) is 38.5. The Balaban J connectivity index is 1.62. The maximum Gasteiger partial charge on any atom is 0.308 e. The summed E-state index contributed by atoms with van der Waals surface area (Å²) in [7, 11) is 0. The van der Waals surface area contributed by atoms with Crippen LogP contribution in [0.3, 0.4) is 0 Å². The molecule has 0 unspecified atom stereocenters. The Bertz CT molecular complexity index is 1300. The van der Waals surface area contributed by atoms with Gasteiger partial charge in [0, 0.05) is 29.2 Å². The number of benzene rings is 2. The summed E-state index contributed by atoms with van der Waals surface area (Å²) < 4.78 is 16.7. The van der Waals surface area contributed by atoms with Crippen molar-refractivity contribution in [3.63, 3.8) is 0 Å². The number of ether oxygens (including phenoxy) is 3. The monoisotopic (exact) mass is 526 g/mol. The number of hydrogen-bond donors (Lipinski definition) is 4. The fourth-order valence-corrected chi connectivity index (χ4v) is 5.61. The van der Waals surface area contributed by atoms with Crippen molar-refractivity contribution in [2.24, 2.45) is 0 Å². The summed E-state index contributed by atoms with van der Waals surface area (Å²) in [6.07, 6.45) is -2.47. The highest BCUT2D eigenvalue weighted by molar-refractivity contribution is 6.29. The molecule has 0 aromatic heterocycles. The average Bonchev–Trinajstić information content (AvgIpc) is 2.89. The van der Waals surface area contributed by atoms with Gasteiger partial charge in [-0.1, -0.05) is 19.3 Å². The minimum Gasteiger partial charge on any atom is -0.507 e. The fourth-order valence-electron chi connectivity index (χ4n) is 5.61. The molecule has 1 aliphatic heterocycles. The van der Waals surface area contributed by atoms with E-state index in [4.69, 9.17) is 14.2 Å². The van der Waals surface area contributed by atoms with Crippen LogP contribution in [0, 0.1) is 0 Å². The third-order valence-corrected chi connectivity index (χ3v) is 7.58. The SMILES string of the molecule is CC(=O)Oc1ccc2c(c1)C(=O)c1cc(O[C@H]3O[C@@H](C)[C@@H](O)[C@@H](O)[C@H]3O)c(C3CCCCC3)c(O)c1C2=O. The highest BCUT2D eigenvalue weighted by Crippen LogP contribution is 2.48. The number of aromatic hydroxyl groups is 1. The molecule has 10 heteroatoms. The van der Waals surface area contributed by atoms with Gasteiger partial charge in [0.05, 0.1) is 11.7 Å². The maximum atomic E-state index is 13.6. The van der Waals surface area contributed by atoms with Crippen LogP contribution in [0.1, 0.15) is 89.3 Å². The minimum atomic E-state index is -1.61. The van der Waals surface area contributed by atoms with Gasteiger partial charge >= 0.3 is 5.97 Å². The first-order valence-electron chi connectivity index (χ1n) is 12.8. The molecule has 0 bridgehead atoms. The first kappa shape index (κ1) is 26.3. The zero-order chi connectivity index (χ0) is 27.3. The normalized spacial score (nSPS) is 27.4. The highest BCUT2D eigenvalue weighted by Gasteiger charge is 2.44. The van der Waals surface area contributed by atoms with Crippen molar-refractivity contribution in [1.82, 2.24) is 0 Å². The first-order valence-corrected chi connectivity index (χ1v) is 12.8. The van der Waals surface area contributed by atoms with Gasteiger partial charge in [0.1, 0.15) is 35.6 Å². The Labute approximate surface area is 218 Å². The molecular formula is C28H30O10. The number of esters is 1. The number of phenolic OH excluding ortho intramolecular Hbond substituents is 1. The number of phenols is 1. The number of aliphatic hydroxyl groups excluding tert-OH is 3. The van der Waals surface area contributed by atoms with Crippen LogP contribution < -0.4 is 9.47 Å². The van der Waals surface area contributed by atoms with Crippen molar-refractivity contribution in [2.75, 3.05) is 0 Å². The van der Waals surface area contributed by atoms with E-state index in [1.54, 1.807) is 0 Å². The van der Waals surface area contributed by atoms with Crippen LogP contribution in [0.5, 0.6) is 17.2 Å². The van der Waals surface area contributed by atoms with Crippen molar-refractivity contribution >= 4 is 17.5 Å². The van der Waals surface area contributed by atoms with Crippen LogP contribution in [0.2, 0.25) is 0 Å². The smallest absolute Gasteiger partial charge is 0.308 e. The number of aliphatic hydroxyl groups is 3. The molecule has 4 N–H and O–H groups in total. The molecule has 5 atom stereocenters. The quantitative estimate of drug-likeness (QED) is 0.293. The molecule has 202 valence electrons. The second-order valence-corrected chi connectivity index (χ2v) is 10.2. The Morgan fingerprint density at radius 2 is 1.63 bits per heavy atom. The lowest BCUT2D eigenvalue weighted by Gasteiger charge is -2.39. The fraction of sp³-hybridized carbons (Fsp3) is 0.464. The Kier molecular flexibility index (Phi) is 6.99. The minimum absolute atomic E-state index is 0.0122. The molecule has 38 heavy (non-hydrogen) atoms. The summed E-state index contributed by atoms with van der Waals surface area (Å²) in [5.74, 6) is -2.10. The lowest BCUT2D eigenvalue weighted by molar-refractivity contribution is -0.268. The van der Waals surface area contributed by atoms with Gasteiger partial charge in [0.2, 0.25) is 6.29 Å². The molecule has 0 radical (unpaired) electrons.